The molecule has 5 nitrogen and oxygen atoms in total. The summed E-state index contributed by atoms with van der Waals surface area (Å²) < 4.78 is 16.8. The Labute approximate surface area is 162 Å². The molecule has 0 atom stereocenters. The van der Waals surface area contributed by atoms with Gasteiger partial charge >= 0.3 is 0 Å². The van der Waals surface area contributed by atoms with Crippen LogP contribution >= 0.6 is 0 Å². The van der Waals surface area contributed by atoms with Crippen LogP contribution in [0, 0.1) is 5.92 Å². The van der Waals surface area contributed by atoms with Crippen molar-refractivity contribution in [2.75, 3.05) is 34.0 Å². The molecule has 148 valence electrons. The van der Waals surface area contributed by atoms with E-state index in [1.807, 2.05) is 0 Å². The maximum absolute atomic E-state index is 13.3. The van der Waals surface area contributed by atoms with E-state index in [1.165, 1.54) is 30.4 Å². The first kappa shape index (κ1) is 18.6. The quantitative estimate of drug-likeness (QED) is 0.811. The molecule has 1 saturated heterocycles. The summed E-state index contributed by atoms with van der Waals surface area (Å²) in [5.41, 5.74) is 2.48. The van der Waals surface area contributed by atoms with Gasteiger partial charge in [-0.05, 0) is 48.9 Å². The lowest BCUT2D eigenvalue weighted by Crippen LogP contribution is -2.52. The molecule has 1 aromatic rings. The zero-order chi connectivity index (χ0) is 18.9. The van der Waals surface area contributed by atoms with E-state index in [9.17, 15) is 4.79 Å². The van der Waals surface area contributed by atoms with Crippen molar-refractivity contribution in [1.29, 1.82) is 0 Å². The van der Waals surface area contributed by atoms with Gasteiger partial charge in [-0.2, -0.15) is 0 Å². The van der Waals surface area contributed by atoms with Crippen molar-refractivity contribution < 1.29 is 19.0 Å². The highest BCUT2D eigenvalue weighted by molar-refractivity contribution is 5.79. The fourth-order valence-corrected chi connectivity index (χ4v) is 5.21. The van der Waals surface area contributed by atoms with Crippen molar-refractivity contribution >= 4 is 5.91 Å². The number of nitrogens with zero attached hydrogens (tertiary/aromatic N) is 1. The van der Waals surface area contributed by atoms with Gasteiger partial charge in [0.25, 0.3) is 0 Å². The lowest BCUT2D eigenvalue weighted by Gasteiger charge is -2.47. The Morgan fingerprint density at radius 1 is 1.07 bits per heavy atom. The zero-order valence-corrected chi connectivity index (χ0v) is 16.6. The van der Waals surface area contributed by atoms with Crippen molar-refractivity contribution in [2.45, 2.75) is 56.9 Å². The van der Waals surface area contributed by atoms with E-state index in [2.05, 4.69) is 17.0 Å². The van der Waals surface area contributed by atoms with E-state index < -0.39 is 0 Å². The Morgan fingerprint density at radius 2 is 1.74 bits per heavy atom. The summed E-state index contributed by atoms with van der Waals surface area (Å²) >= 11 is 0. The molecule has 0 unspecified atom stereocenters. The molecule has 5 heteroatoms. The predicted molar refractivity (Wildman–Crippen MR) is 103 cm³/mol. The van der Waals surface area contributed by atoms with Crippen molar-refractivity contribution in [3.63, 3.8) is 0 Å². The van der Waals surface area contributed by atoms with Gasteiger partial charge in [0.05, 0.1) is 14.2 Å². The Kier molecular flexibility index (Phi) is 5.31. The molecule has 1 amide bonds. The van der Waals surface area contributed by atoms with Gasteiger partial charge < -0.3 is 19.1 Å². The van der Waals surface area contributed by atoms with Crippen LogP contribution in [-0.2, 0) is 21.5 Å². The molecule has 0 radical (unpaired) electrons. The topological polar surface area (TPSA) is 48.0 Å². The van der Waals surface area contributed by atoms with Crippen molar-refractivity contribution in [1.82, 2.24) is 4.90 Å². The number of carbonyl (C=O) groups excluding carboxylic acids is 1. The zero-order valence-electron chi connectivity index (χ0n) is 16.6. The molecule has 1 saturated carbocycles. The minimum absolute atomic E-state index is 0.0320. The van der Waals surface area contributed by atoms with E-state index in [-0.39, 0.29) is 11.3 Å². The minimum Gasteiger partial charge on any atom is -0.493 e. The summed E-state index contributed by atoms with van der Waals surface area (Å²) in [7, 11) is 3.35. The first-order valence-corrected chi connectivity index (χ1v) is 10.3. The monoisotopic (exact) mass is 373 g/mol. The first-order chi connectivity index (χ1) is 13.2. The third kappa shape index (κ3) is 3.42. The van der Waals surface area contributed by atoms with Crippen LogP contribution in [0.15, 0.2) is 12.1 Å². The standard InChI is InChI=1S/C22H31NO4/c1-25-19-12-17-14-23(21(24)16-6-4-3-5-7-16)15-22(8-10-27-11-9-22)18(17)13-20(19)26-2/h12-13,16H,3-11,14-15H2,1-2H3. The smallest absolute Gasteiger partial charge is 0.226 e. The number of hydrogen-bond acceptors (Lipinski definition) is 4. The third-order valence-corrected chi connectivity index (χ3v) is 6.75. The molecule has 4 rings (SSSR count). The largest absolute Gasteiger partial charge is 0.493 e. The highest BCUT2D eigenvalue weighted by atomic mass is 16.5. The van der Waals surface area contributed by atoms with Crippen LogP contribution in [0.1, 0.15) is 56.1 Å². The van der Waals surface area contributed by atoms with Crippen LogP contribution in [0.3, 0.4) is 0 Å². The molecular weight excluding hydrogens is 342 g/mol. The normalized spacial score (nSPS) is 22.4. The van der Waals surface area contributed by atoms with Gasteiger partial charge in [0.15, 0.2) is 11.5 Å². The third-order valence-electron chi connectivity index (χ3n) is 6.75. The number of carbonyl (C=O) groups is 1. The average Bonchev–Trinajstić information content (AvgIpc) is 2.73. The van der Waals surface area contributed by atoms with Gasteiger partial charge in [-0.1, -0.05) is 19.3 Å². The maximum Gasteiger partial charge on any atom is 0.226 e. The summed E-state index contributed by atoms with van der Waals surface area (Å²) in [4.78, 5) is 15.4. The summed E-state index contributed by atoms with van der Waals surface area (Å²) in [5, 5.41) is 0. The Hall–Kier alpha value is -1.75. The molecule has 2 aliphatic heterocycles. The molecular formula is C22H31NO4. The lowest BCUT2D eigenvalue weighted by molar-refractivity contribution is -0.139. The fourth-order valence-electron chi connectivity index (χ4n) is 5.21. The molecule has 1 aliphatic carbocycles. The number of hydrogen-bond donors (Lipinski definition) is 0. The van der Waals surface area contributed by atoms with E-state index in [0.29, 0.717) is 12.5 Å². The summed E-state index contributed by atoms with van der Waals surface area (Å²) in [6.07, 6.45) is 7.63. The highest BCUT2D eigenvalue weighted by Gasteiger charge is 2.44. The Balaban J connectivity index is 1.70. The molecule has 3 aliphatic rings. The number of methoxy groups -OCH3 is 2. The number of fused-ring (bicyclic) bond motifs is 2. The highest BCUT2D eigenvalue weighted by Crippen LogP contribution is 2.45. The molecule has 2 heterocycles. The van der Waals surface area contributed by atoms with Gasteiger partial charge in [0.1, 0.15) is 0 Å². The molecule has 1 spiro atoms. The number of amides is 1. The van der Waals surface area contributed by atoms with E-state index in [4.69, 9.17) is 14.2 Å². The molecule has 0 bridgehead atoms. The van der Waals surface area contributed by atoms with Gasteiger partial charge in [-0.15, -0.1) is 0 Å². The van der Waals surface area contributed by atoms with E-state index >= 15 is 0 Å². The fraction of sp³-hybridized carbons (Fsp3) is 0.682. The minimum atomic E-state index is -0.0320. The number of ether oxygens (including phenoxy) is 3. The number of benzene rings is 1. The lowest BCUT2D eigenvalue weighted by atomic mass is 9.69. The molecule has 0 N–H and O–H groups in total. The second kappa shape index (κ2) is 7.70. The van der Waals surface area contributed by atoms with Crippen LogP contribution in [0.25, 0.3) is 0 Å². The Bertz CT molecular complexity index is 690. The number of rotatable bonds is 3. The molecule has 1 aromatic carbocycles. The predicted octanol–water partition coefficient (Wildman–Crippen LogP) is 3.67. The second-order valence-corrected chi connectivity index (χ2v) is 8.29. The van der Waals surface area contributed by atoms with Crippen molar-refractivity contribution in [3.05, 3.63) is 23.3 Å². The van der Waals surface area contributed by atoms with Crippen molar-refractivity contribution in [3.8, 4) is 11.5 Å². The van der Waals surface area contributed by atoms with Gasteiger partial charge in [0.2, 0.25) is 5.91 Å². The van der Waals surface area contributed by atoms with Gasteiger partial charge in [-0.25, -0.2) is 0 Å². The summed E-state index contributed by atoms with van der Waals surface area (Å²) in [6, 6.07) is 4.22. The van der Waals surface area contributed by atoms with Crippen molar-refractivity contribution in [2.24, 2.45) is 5.92 Å². The Morgan fingerprint density at radius 3 is 2.41 bits per heavy atom. The first-order valence-electron chi connectivity index (χ1n) is 10.3. The molecule has 2 fully saturated rings. The van der Waals surface area contributed by atoms with E-state index in [0.717, 1.165) is 56.9 Å². The van der Waals surface area contributed by atoms with Crippen LogP contribution < -0.4 is 9.47 Å². The SMILES string of the molecule is COc1cc2c(cc1OC)C1(CCOCC1)CN(C(=O)C1CCCCC1)C2. The van der Waals surface area contributed by atoms with Crippen LogP contribution in [0.5, 0.6) is 11.5 Å². The van der Waals surface area contributed by atoms with Crippen LogP contribution in [0.4, 0.5) is 0 Å². The average molecular weight is 373 g/mol. The van der Waals surface area contributed by atoms with E-state index in [1.54, 1.807) is 14.2 Å². The maximum atomic E-state index is 13.3. The second-order valence-electron chi connectivity index (χ2n) is 8.29. The summed E-state index contributed by atoms with van der Waals surface area (Å²) in [6.45, 7) is 2.97. The van der Waals surface area contributed by atoms with Crippen LogP contribution in [0.2, 0.25) is 0 Å². The van der Waals surface area contributed by atoms with Gasteiger partial charge in [-0.3, -0.25) is 4.79 Å². The molecule has 0 aromatic heterocycles. The van der Waals surface area contributed by atoms with Crippen LogP contribution in [-0.4, -0.2) is 44.8 Å². The molecule has 27 heavy (non-hydrogen) atoms. The van der Waals surface area contributed by atoms with Gasteiger partial charge in [0, 0.05) is 37.6 Å². The summed E-state index contributed by atoms with van der Waals surface area (Å²) in [5.74, 6) is 2.07.